The van der Waals surface area contributed by atoms with Crippen molar-refractivity contribution >= 4 is 36.7 Å². The first kappa shape index (κ1) is 42.7. The van der Waals surface area contributed by atoms with E-state index in [1.807, 2.05) is 88.4 Å². The van der Waals surface area contributed by atoms with Gasteiger partial charge in [-0.05, 0) is 42.7 Å². The van der Waals surface area contributed by atoms with Crippen molar-refractivity contribution in [2.45, 2.75) is 96.8 Å². The maximum absolute atomic E-state index is 15.1. The van der Waals surface area contributed by atoms with Gasteiger partial charge in [0.05, 0.1) is 20.0 Å². The molecule has 1 aliphatic rings. The highest BCUT2D eigenvalue weighted by molar-refractivity contribution is 7.54. The molecule has 0 bridgehead atoms. The standard InChI is InChI=1S/C38H52N7O10P/c1-23(2)17-27(34(47)52-19-25-13-9-7-10-14-25)43-56(50,44-28(18-24(3)4)35(48)53-20-26-15-11-8-12-16-26)54-21-29-31(46)38(5,49)36(55-29)45-22-40-30-32(45)41-37(39)42-33(30)51-6/h7-16,22-24,27-29,31,36,46,49H,17-21H2,1-6H3,(H2,39,41,42)(H2,43,44,50)/t27-,28-,29+,31+,36+,38+/m0/s1. The van der Waals surface area contributed by atoms with Gasteiger partial charge in [-0.3, -0.25) is 18.7 Å². The molecule has 0 saturated carbocycles. The summed E-state index contributed by atoms with van der Waals surface area (Å²) in [5.74, 6) is -1.54. The number of nitrogen functional groups attached to an aromatic ring is 1. The van der Waals surface area contributed by atoms with Crippen LogP contribution in [-0.4, -0.2) is 85.3 Å². The highest BCUT2D eigenvalue weighted by Crippen LogP contribution is 2.45. The third-order valence-electron chi connectivity index (χ3n) is 9.11. The SMILES string of the molecule is COc1nc(N)nc2c1ncn2[C@@H]1O[C@H](COP(=O)(N[C@@H](CC(C)C)C(=O)OCc2ccccc2)N[C@@H](CC(C)C)C(=O)OCc2ccccc2)[C@@H](O)[C@@]1(C)O. The molecule has 304 valence electrons. The fourth-order valence-corrected chi connectivity index (χ4v) is 8.13. The summed E-state index contributed by atoms with van der Waals surface area (Å²) in [7, 11) is -3.06. The fourth-order valence-electron chi connectivity index (χ4n) is 6.30. The molecule has 1 fully saturated rings. The molecule has 0 amide bonds. The first-order valence-corrected chi connectivity index (χ1v) is 20.0. The van der Waals surface area contributed by atoms with E-state index in [4.69, 9.17) is 29.2 Å². The number of aliphatic hydroxyl groups is 2. The zero-order chi connectivity index (χ0) is 40.6. The minimum Gasteiger partial charge on any atom is -0.479 e. The second kappa shape index (κ2) is 18.6. The number of ether oxygens (including phenoxy) is 4. The van der Waals surface area contributed by atoms with E-state index in [2.05, 4.69) is 25.1 Å². The Morgan fingerprint density at radius 3 is 1.93 bits per heavy atom. The van der Waals surface area contributed by atoms with E-state index in [0.717, 1.165) is 11.1 Å². The van der Waals surface area contributed by atoms with Gasteiger partial charge in [-0.1, -0.05) is 88.4 Å². The number of esters is 2. The van der Waals surface area contributed by atoms with Gasteiger partial charge in [0.15, 0.2) is 17.4 Å². The number of benzene rings is 2. The zero-order valence-corrected chi connectivity index (χ0v) is 33.3. The lowest BCUT2D eigenvalue weighted by molar-refractivity contribution is -0.147. The molecule has 0 aliphatic carbocycles. The maximum Gasteiger partial charge on any atom is 0.342 e. The average molecular weight is 798 g/mol. The predicted octanol–water partition coefficient (Wildman–Crippen LogP) is 4.05. The lowest BCUT2D eigenvalue weighted by atomic mass is 9.96. The Morgan fingerprint density at radius 2 is 1.45 bits per heavy atom. The number of fused-ring (bicyclic) bond motifs is 1. The van der Waals surface area contributed by atoms with Gasteiger partial charge in [0.2, 0.25) is 11.8 Å². The number of carbonyl (C=O) groups excluding carboxylic acids is 2. The maximum atomic E-state index is 15.1. The highest BCUT2D eigenvalue weighted by Gasteiger charge is 2.54. The van der Waals surface area contributed by atoms with Crippen LogP contribution < -0.4 is 20.6 Å². The molecule has 0 unspecified atom stereocenters. The lowest BCUT2D eigenvalue weighted by Gasteiger charge is -2.30. The highest BCUT2D eigenvalue weighted by atomic mass is 31.2. The molecule has 2 aromatic heterocycles. The first-order valence-electron chi connectivity index (χ1n) is 18.4. The van der Waals surface area contributed by atoms with Crippen molar-refractivity contribution in [2.24, 2.45) is 11.8 Å². The number of nitrogens with zero attached hydrogens (tertiary/aromatic N) is 4. The summed E-state index contributed by atoms with van der Waals surface area (Å²) in [4.78, 5) is 39.8. The number of nitrogens with one attached hydrogen (secondary N) is 2. The molecule has 2 aromatic carbocycles. The van der Waals surface area contributed by atoms with Crippen molar-refractivity contribution in [3.63, 3.8) is 0 Å². The van der Waals surface area contributed by atoms with Crippen LogP contribution in [0.25, 0.3) is 11.2 Å². The molecule has 4 aromatic rings. The van der Waals surface area contributed by atoms with Gasteiger partial charge >= 0.3 is 19.6 Å². The van der Waals surface area contributed by atoms with Crippen LogP contribution in [0.1, 0.15) is 64.8 Å². The van der Waals surface area contributed by atoms with E-state index in [9.17, 15) is 19.8 Å². The largest absolute Gasteiger partial charge is 0.479 e. The molecular weight excluding hydrogens is 745 g/mol. The van der Waals surface area contributed by atoms with Crippen molar-refractivity contribution < 1.29 is 47.8 Å². The number of methoxy groups -OCH3 is 1. The first-order chi connectivity index (χ1) is 26.6. The topological polar surface area (TPSA) is 231 Å². The fraction of sp³-hybridized carbons (Fsp3) is 0.500. The van der Waals surface area contributed by atoms with E-state index in [-0.39, 0.29) is 60.9 Å². The Bertz CT molecular complexity index is 1890. The number of anilines is 1. The summed E-state index contributed by atoms with van der Waals surface area (Å²) in [5.41, 5.74) is 5.85. The minimum absolute atomic E-state index is 0.0275. The van der Waals surface area contributed by atoms with Crippen LogP contribution >= 0.6 is 7.67 Å². The third-order valence-corrected chi connectivity index (χ3v) is 10.9. The number of nitrogens with two attached hydrogens (primary N) is 1. The van der Waals surface area contributed by atoms with Crippen LogP contribution in [0.4, 0.5) is 5.95 Å². The van der Waals surface area contributed by atoms with Gasteiger partial charge in [-0.25, -0.2) is 15.2 Å². The molecule has 1 aliphatic heterocycles. The quantitative estimate of drug-likeness (QED) is 0.0666. The van der Waals surface area contributed by atoms with Gasteiger partial charge in [-0.2, -0.15) is 9.97 Å². The lowest BCUT2D eigenvalue weighted by Crippen LogP contribution is -2.47. The van der Waals surface area contributed by atoms with Crippen molar-refractivity contribution in [1.82, 2.24) is 29.7 Å². The Kier molecular flexibility index (Phi) is 14.2. The molecule has 18 heteroatoms. The normalized spacial score (nSPS) is 21.0. The van der Waals surface area contributed by atoms with Crippen LogP contribution in [0.15, 0.2) is 67.0 Å². The minimum atomic E-state index is -4.45. The molecule has 0 radical (unpaired) electrons. The van der Waals surface area contributed by atoms with Gasteiger partial charge in [0, 0.05) is 0 Å². The van der Waals surface area contributed by atoms with Gasteiger partial charge in [0.1, 0.15) is 43.1 Å². The van der Waals surface area contributed by atoms with Crippen LogP contribution in [0.2, 0.25) is 0 Å². The Morgan fingerprint density at radius 1 is 0.929 bits per heavy atom. The Labute approximate surface area is 325 Å². The third kappa shape index (κ3) is 10.7. The van der Waals surface area contributed by atoms with Crippen molar-refractivity contribution in [3.8, 4) is 5.88 Å². The summed E-state index contributed by atoms with van der Waals surface area (Å²) < 4.78 is 45.2. The zero-order valence-electron chi connectivity index (χ0n) is 32.4. The molecule has 3 heterocycles. The summed E-state index contributed by atoms with van der Waals surface area (Å²) in [6.07, 6.45) is -2.44. The molecular formula is C38H52N7O10P. The molecule has 5 rings (SSSR count). The van der Waals surface area contributed by atoms with Crippen molar-refractivity contribution in [3.05, 3.63) is 78.1 Å². The number of aromatic nitrogens is 4. The molecule has 1 saturated heterocycles. The van der Waals surface area contributed by atoms with Gasteiger partial charge in [0.25, 0.3) is 0 Å². The number of rotatable bonds is 19. The van der Waals surface area contributed by atoms with E-state index >= 15 is 4.57 Å². The molecule has 17 nitrogen and oxygen atoms in total. The molecule has 6 atom stereocenters. The van der Waals surface area contributed by atoms with Crippen molar-refractivity contribution in [1.29, 1.82) is 0 Å². The molecule has 56 heavy (non-hydrogen) atoms. The second-order valence-corrected chi connectivity index (χ2v) is 16.6. The van der Waals surface area contributed by atoms with E-state index in [1.165, 1.54) is 24.9 Å². The Balaban J connectivity index is 1.42. The average Bonchev–Trinajstić information content (AvgIpc) is 3.67. The molecule has 0 spiro atoms. The number of carbonyl (C=O) groups is 2. The molecule has 6 N–H and O–H groups in total. The van der Waals surface area contributed by atoms with Gasteiger partial charge in [-0.15, -0.1) is 0 Å². The number of hydrogen-bond acceptors (Lipinski definition) is 14. The van der Waals surface area contributed by atoms with Crippen molar-refractivity contribution in [2.75, 3.05) is 19.5 Å². The Hall–Kier alpha value is -4.48. The number of hydrogen-bond donors (Lipinski definition) is 5. The number of aliphatic hydroxyl groups excluding tert-OH is 1. The van der Waals surface area contributed by atoms with Crippen LogP contribution in [0, 0.1) is 11.8 Å². The monoisotopic (exact) mass is 797 g/mol. The van der Waals surface area contributed by atoms with E-state index in [1.54, 1.807) is 0 Å². The summed E-state index contributed by atoms with van der Waals surface area (Å²) in [5, 5.41) is 28.7. The summed E-state index contributed by atoms with van der Waals surface area (Å²) in [6, 6.07) is 15.9. The summed E-state index contributed by atoms with van der Waals surface area (Å²) in [6.45, 7) is 8.29. The van der Waals surface area contributed by atoms with Crippen LogP contribution in [-0.2, 0) is 46.1 Å². The van der Waals surface area contributed by atoms with Crippen LogP contribution in [0.5, 0.6) is 5.88 Å². The predicted molar refractivity (Wildman–Crippen MR) is 206 cm³/mol. The van der Waals surface area contributed by atoms with Crippen LogP contribution in [0.3, 0.4) is 0 Å². The van der Waals surface area contributed by atoms with E-state index < -0.39 is 62.3 Å². The smallest absolute Gasteiger partial charge is 0.342 e. The number of imidazole rings is 1. The van der Waals surface area contributed by atoms with E-state index in [0.29, 0.717) is 0 Å². The summed E-state index contributed by atoms with van der Waals surface area (Å²) >= 11 is 0. The van der Waals surface area contributed by atoms with Gasteiger partial charge < -0.3 is 39.4 Å². The second-order valence-electron chi connectivity index (χ2n) is 14.8.